The van der Waals surface area contributed by atoms with E-state index < -0.39 is 9.05 Å². The molecule has 4 nitrogen and oxygen atoms in total. The lowest BCUT2D eigenvalue weighted by molar-refractivity contribution is 0.0428. The second kappa shape index (κ2) is 7.48. The molecule has 0 aromatic carbocycles. The fraction of sp³-hybridized carbons (Fsp3) is 1.00. The van der Waals surface area contributed by atoms with Crippen molar-refractivity contribution in [2.24, 2.45) is 5.92 Å². The Bertz CT molecular complexity index is 275. The third-order valence-corrected chi connectivity index (χ3v) is 3.59. The summed E-state index contributed by atoms with van der Waals surface area (Å²) >= 11 is 0. The summed E-state index contributed by atoms with van der Waals surface area (Å²) < 4.78 is 31.8. The lowest BCUT2D eigenvalue weighted by atomic mass is 10.4. The second-order valence-electron chi connectivity index (χ2n) is 4.08. The molecular formula is C10H19ClO4S. The van der Waals surface area contributed by atoms with Crippen LogP contribution in [-0.4, -0.2) is 40.6 Å². The summed E-state index contributed by atoms with van der Waals surface area (Å²) in [6.45, 7) is 2.64. The van der Waals surface area contributed by atoms with Gasteiger partial charge in [-0.25, -0.2) is 8.42 Å². The first kappa shape index (κ1) is 14.2. The summed E-state index contributed by atoms with van der Waals surface area (Å²) in [4.78, 5) is 0. The molecule has 0 aliphatic heterocycles. The highest BCUT2D eigenvalue weighted by Crippen LogP contribution is 2.28. The molecule has 1 aliphatic carbocycles. The average Bonchev–Trinajstić information content (AvgIpc) is 2.97. The van der Waals surface area contributed by atoms with Crippen LogP contribution in [-0.2, 0) is 18.5 Å². The molecule has 0 spiro atoms. The Morgan fingerprint density at radius 2 is 1.75 bits per heavy atom. The Morgan fingerprint density at radius 3 is 2.38 bits per heavy atom. The molecule has 6 heteroatoms. The van der Waals surface area contributed by atoms with Crippen LogP contribution in [0.15, 0.2) is 0 Å². The van der Waals surface area contributed by atoms with Crippen molar-refractivity contribution < 1.29 is 17.9 Å². The zero-order chi connectivity index (χ0) is 11.9. The van der Waals surface area contributed by atoms with Gasteiger partial charge in [-0.3, -0.25) is 0 Å². The first-order chi connectivity index (χ1) is 7.58. The molecule has 0 N–H and O–H groups in total. The van der Waals surface area contributed by atoms with Gasteiger partial charge in [0.25, 0.3) is 0 Å². The van der Waals surface area contributed by atoms with Crippen LogP contribution < -0.4 is 0 Å². The summed E-state index contributed by atoms with van der Waals surface area (Å²) in [5, 5.41) is 0. The molecule has 1 rings (SSSR count). The Hall–Kier alpha value is 0.160. The van der Waals surface area contributed by atoms with E-state index in [9.17, 15) is 8.42 Å². The first-order valence-corrected chi connectivity index (χ1v) is 8.13. The van der Waals surface area contributed by atoms with Crippen LogP contribution in [0.5, 0.6) is 0 Å². The van der Waals surface area contributed by atoms with E-state index in [2.05, 4.69) is 0 Å². The van der Waals surface area contributed by atoms with Crippen LogP contribution in [0.4, 0.5) is 0 Å². The van der Waals surface area contributed by atoms with Gasteiger partial charge in [-0.1, -0.05) is 0 Å². The fourth-order valence-electron chi connectivity index (χ4n) is 1.23. The average molecular weight is 271 g/mol. The molecule has 0 amide bonds. The monoisotopic (exact) mass is 270 g/mol. The summed E-state index contributed by atoms with van der Waals surface area (Å²) in [5.74, 6) is 0.810. The fourth-order valence-corrected chi connectivity index (χ4v) is 2.11. The summed E-state index contributed by atoms with van der Waals surface area (Å²) in [7, 11) is 1.73. The Labute approximate surface area is 102 Å². The van der Waals surface area contributed by atoms with Crippen molar-refractivity contribution in [2.75, 3.05) is 32.2 Å². The molecular weight excluding hydrogens is 252 g/mol. The predicted octanol–water partition coefficient (Wildman–Crippen LogP) is 1.78. The van der Waals surface area contributed by atoms with Gasteiger partial charge in [0.2, 0.25) is 9.05 Å². The zero-order valence-corrected chi connectivity index (χ0v) is 10.9. The lowest BCUT2D eigenvalue weighted by Gasteiger charge is -2.04. The molecule has 1 aliphatic rings. The number of unbranched alkanes of at least 4 members (excludes halogenated alkanes) is 1. The van der Waals surface area contributed by atoms with Gasteiger partial charge in [-0.15, -0.1) is 0 Å². The number of hydrogen-bond donors (Lipinski definition) is 0. The molecule has 0 aromatic rings. The maximum atomic E-state index is 10.6. The summed E-state index contributed by atoms with van der Waals surface area (Å²) in [6, 6.07) is 0. The van der Waals surface area contributed by atoms with E-state index in [4.69, 9.17) is 20.2 Å². The lowest BCUT2D eigenvalue weighted by Crippen LogP contribution is -2.07. The van der Waals surface area contributed by atoms with Gasteiger partial charge >= 0.3 is 0 Å². The minimum Gasteiger partial charge on any atom is -0.379 e. The molecule has 0 radical (unpaired) electrons. The van der Waals surface area contributed by atoms with Crippen molar-refractivity contribution in [3.63, 3.8) is 0 Å². The molecule has 16 heavy (non-hydrogen) atoms. The minimum atomic E-state index is -3.34. The Balaban J connectivity index is 1.73. The van der Waals surface area contributed by atoms with E-state index in [0.29, 0.717) is 32.7 Å². The molecule has 0 atom stereocenters. The molecule has 96 valence electrons. The first-order valence-electron chi connectivity index (χ1n) is 5.66. The number of halogens is 1. The van der Waals surface area contributed by atoms with Crippen LogP contribution in [0, 0.1) is 5.92 Å². The number of rotatable bonds is 10. The predicted molar refractivity (Wildman–Crippen MR) is 63.2 cm³/mol. The molecule has 1 saturated carbocycles. The van der Waals surface area contributed by atoms with E-state index in [-0.39, 0.29) is 5.75 Å². The highest BCUT2D eigenvalue weighted by atomic mass is 35.7. The van der Waals surface area contributed by atoms with Gasteiger partial charge in [0, 0.05) is 23.9 Å². The SMILES string of the molecule is O=S(=O)(Cl)CCCCOCCOCC1CC1. The van der Waals surface area contributed by atoms with Gasteiger partial charge in [0.05, 0.1) is 19.0 Å². The van der Waals surface area contributed by atoms with Gasteiger partial charge < -0.3 is 9.47 Å². The van der Waals surface area contributed by atoms with E-state index in [1.807, 2.05) is 0 Å². The van der Waals surface area contributed by atoms with Crippen LogP contribution in [0.3, 0.4) is 0 Å². The number of ether oxygens (including phenoxy) is 2. The second-order valence-corrected chi connectivity index (χ2v) is 6.98. The molecule has 1 fully saturated rings. The van der Waals surface area contributed by atoms with Crippen LogP contribution >= 0.6 is 10.7 Å². The van der Waals surface area contributed by atoms with E-state index >= 15 is 0 Å². The van der Waals surface area contributed by atoms with Crippen LogP contribution in [0.2, 0.25) is 0 Å². The highest BCUT2D eigenvalue weighted by molar-refractivity contribution is 8.13. The topological polar surface area (TPSA) is 52.6 Å². The molecule has 0 heterocycles. The van der Waals surface area contributed by atoms with Gasteiger partial charge in [0.1, 0.15) is 0 Å². The van der Waals surface area contributed by atoms with Crippen molar-refractivity contribution in [2.45, 2.75) is 25.7 Å². The third kappa shape index (κ3) is 9.39. The third-order valence-electron chi connectivity index (χ3n) is 2.35. The van der Waals surface area contributed by atoms with Gasteiger partial charge in [-0.05, 0) is 31.6 Å². The molecule has 0 aromatic heterocycles. The zero-order valence-electron chi connectivity index (χ0n) is 9.36. The van der Waals surface area contributed by atoms with Crippen molar-refractivity contribution in [3.8, 4) is 0 Å². The van der Waals surface area contributed by atoms with Crippen molar-refractivity contribution in [1.82, 2.24) is 0 Å². The maximum Gasteiger partial charge on any atom is 0.232 e. The van der Waals surface area contributed by atoms with E-state index in [1.165, 1.54) is 12.8 Å². The Morgan fingerprint density at radius 1 is 1.06 bits per heavy atom. The van der Waals surface area contributed by atoms with Crippen LogP contribution in [0.1, 0.15) is 25.7 Å². The standard InChI is InChI=1S/C10H19ClO4S/c11-16(12,13)8-2-1-5-14-6-7-15-9-10-3-4-10/h10H,1-9H2. The summed E-state index contributed by atoms with van der Waals surface area (Å²) in [6.07, 6.45) is 3.87. The highest BCUT2D eigenvalue weighted by Gasteiger charge is 2.20. The van der Waals surface area contributed by atoms with E-state index in [1.54, 1.807) is 0 Å². The smallest absolute Gasteiger partial charge is 0.232 e. The Kier molecular flexibility index (Phi) is 6.65. The minimum absolute atomic E-state index is 0.0239. The number of hydrogen-bond acceptors (Lipinski definition) is 4. The maximum absolute atomic E-state index is 10.6. The van der Waals surface area contributed by atoms with Crippen molar-refractivity contribution >= 4 is 19.7 Å². The normalized spacial score (nSPS) is 16.6. The largest absolute Gasteiger partial charge is 0.379 e. The molecule has 0 saturated heterocycles. The molecule has 0 unspecified atom stereocenters. The van der Waals surface area contributed by atoms with Crippen LogP contribution in [0.25, 0.3) is 0 Å². The van der Waals surface area contributed by atoms with Gasteiger partial charge in [-0.2, -0.15) is 0 Å². The van der Waals surface area contributed by atoms with Gasteiger partial charge in [0.15, 0.2) is 0 Å². The summed E-state index contributed by atoms with van der Waals surface area (Å²) in [5.41, 5.74) is 0. The molecule has 0 bridgehead atoms. The van der Waals surface area contributed by atoms with E-state index in [0.717, 1.165) is 12.5 Å². The van der Waals surface area contributed by atoms with Crippen molar-refractivity contribution in [1.29, 1.82) is 0 Å². The quantitative estimate of drug-likeness (QED) is 0.449. The van der Waals surface area contributed by atoms with Crippen molar-refractivity contribution in [3.05, 3.63) is 0 Å².